The van der Waals surface area contributed by atoms with Gasteiger partial charge in [0, 0.05) is 41.3 Å². The van der Waals surface area contributed by atoms with Crippen molar-refractivity contribution in [1.29, 1.82) is 0 Å². The predicted octanol–water partition coefficient (Wildman–Crippen LogP) is 0.676. The van der Waals surface area contributed by atoms with E-state index in [1.54, 1.807) is 12.3 Å². The van der Waals surface area contributed by atoms with E-state index in [0.29, 0.717) is 23.9 Å². The lowest BCUT2D eigenvalue weighted by Gasteiger charge is -2.10. The minimum Gasteiger partial charge on any atom is -0.369 e. The van der Waals surface area contributed by atoms with Gasteiger partial charge in [0.25, 0.3) is 0 Å². The zero-order valence-corrected chi connectivity index (χ0v) is 11.2. The Morgan fingerprint density at radius 2 is 2.06 bits per heavy atom. The van der Waals surface area contributed by atoms with Crippen LogP contribution < -0.4 is 16.6 Å². The fourth-order valence-corrected chi connectivity index (χ4v) is 1.60. The normalized spacial score (nSPS) is 12.5. The number of hydrogen-bond donors (Lipinski definition) is 3. The number of aromatic nitrogens is 2. The Kier molecular flexibility index (Phi) is 5.30. The molecule has 7 heteroatoms. The molecule has 17 heavy (non-hydrogen) atoms. The molecule has 0 spiro atoms. The van der Waals surface area contributed by atoms with Crippen LogP contribution in [0.4, 0.5) is 11.6 Å². The highest BCUT2D eigenvalue weighted by Crippen LogP contribution is 2.16. The van der Waals surface area contributed by atoms with E-state index in [2.05, 4.69) is 20.7 Å². The average molecular weight is 257 g/mol. The second-order valence-electron chi connectivity index (χ2n) is 4.00. The minimum absolute atomic E-state index is 0.226. The summed E-state index contributed by atoms with van der Waals surface area (Å²) in [6.45, 7) is 4.64. The first-order valence-corrected chi connectivity index (χ1v) is 7.15. The second-order valence-corrected chi connectivity index (χ2v) is 5.55. The molecular weight excluding hydrogens is 238 g/mol. The van der Waals surface area contributed by atoms with Crippen LogP contribution in [0.25, 0.3) is 0 Å². The van der Waals surface area contributed by atoms with Crippen LogP contribution in [-0.2, 0) is 10.8 Å². The maximum absolute atomic E-state index is 10.9. The first-order chi connectivity index (χ1) is 8.02. The number of nitrogen functional groups attached to an aromatic ring is 1. The number of anilines is 2. The summed E-state index contributed by atoms with van der Waals surface area (Å²) in [6, 6.07) is 1.73. The molecule has 0 aliphatic rings. The Bertz CT molecular complexity index is 396. The molecule has 0 aliphatic carbocycles. The number of hydrogen-bond acceptors (Lipinski definition) is 6. The molecule has 1 atom stereocenters. The molecule has 0 bridgehead atoms. The summed E-state index contributed by atoms with van der Waals surface area (Å²) in [5, 5.41) is 3.11. The van der Waals surface area contributed by atoms with Crippen molar-refractivity contribution in [1.82, 2.24) is 9.97 Å². The maximum atomic E-state index is 10.9. The van der Waals surface area contributed by atoms with Crippen LogP contribution in [-0.4, -0.2) is 32.7 Å². The van der Waals surface area contributed by atoms with E-state index < -0.39 is 10.8 Å². The number of rotatable bonds is 6. The summed E-state index contributed by atoms with van der Waals surface area (Å²) in [4.78, 5) is 8.61. The summed E-state index contributed by atoms with van der Waals surface area (Å²) in [5.74, 6) is 8.16. The third kappa shape index (κ3) is 4.66. The predicted molar refractivity (Wildman–Crippen MR) is 71.4 cm³/mol. The van der Waals surface area contributed by atoms with Crippen LogP contribution in [0, 0.1) is 0 Å². The first-order valence-electron chi connectivity index (χ1n) is 5.42. The van der Waals surface area contributed by atoms with Gasteiger partial charge in [0.2, 0.25) is 0 Å². The van der Waals surface area contributed by atoms with Gasteiger partial charge < -0.3 is 10.7 Å². The standard InChI is InChI=1S/C10H19N5OS/c1-7(2)10-13-8(6-9(14-10)15-11)12-4-5-17(3)16/h6-7H,4-5,11H2,1-3H3,(H2,12,13,14,15). The van der Waals surface area contributed by atoms with Crippen molar-refractivity contribution < 1.29 is 4.21 Å². The molecule has 0 amide bonds. The van der Waals surface area contributed by atoms with E-state index >= 15 is 0 Å². The quantitative estimate of drug-likeness (QED) is 0.512. The van der Waals surface area contributed by atoms with Crippen LogP contribution in [0.1, 0.15) is 25.6 Å². The molecule has 1 unspecified atom stereocenters. The molecule has 0 saturated carbocycles. The van der Waals surface area contributed by atoms with Gasteiger partial charge in [-0.05, 0) is 0 Å². The Balaban J connectivity index is 2.76. The lowest BCUT2D eigenvalue weighted by molar-refractivity contribution is 0.687. The van der Waals surface area contributed by atoms with Crippen molar-refractivity contribution in [3.05, 3.63) is 11.9 Å². The van der Waals surface area contributed by atoms with Crippen molar-refractivity contribution in [2.24, 2.45) is 5.84 Å². The fraction of sp³-hybridized carbons (Fsp3) is 0.600. The van der Waals surface area contributed by atoms with Gasteiger partial charge in [0.15, 0.2) is 0 Å². The van der Waals surface area contributed by atoms with Crippen molar-refractivity contribution in [3.8, 4) is 0 Å². The van der Waals surface area contributed by atoms with E-state index in [1.165, 1.54) is 0 Å². The monoisotopic (exact) mass is 257 g/mol. The highest BCUT2D eigenvalue weighted by molar-refractivity contribution is 7.84. The molecule has 4 N–H and O–H groups in total. The second kappa shape index (κ2) is 6.51. The molecular formula is C10H19N5OS. The van der Waals surface area contributed by atoms with Crippen molar-refractivity contribution in [3.63, 3.8) is 0 Å². The summed E-state index contributed by atoms with van der Waals surface area (Å²) in [6.07, 6.45) is 1.67. The molecule has 0 fully saturated rings. The van der Waals surface area contributed by atoms with E-state index in [4.69, 9.17) is 5.84 Å². The molecule has 1 heterocycles. The number of nitrogens with zero attached hydrogens (tertiary/aromatic N) is 2. The lowest BCUT2D eigenvalue weighted by atomic mass is 10.2. The van der Waals surface area contributed by atoms with Crippen LogP contribution in [0.5, 0.6) is 0 Å². The average Bonchev–Trinajstić information content (AvgIpc) is 2.28. The zero-order valence-electron chi connectivity index (χ0n) is 10.4. The van der Waals surface area contributed by atoms with Gasteiger partial charge in [-0.1, -0.05) is 13.8 Å². The molecule has 96 valence electrons. The molecule has 1 aromatic heterocycles. The molecule has 1 rings (SSSR count). The summed E-state index contributed by atoms with van der Waals surface area (Å²) >= 11 is 0. The highest BCUT2D eigenvalue weighted by atomic mass is 32.2. The summed E-state index contributed by atoms with van der Waals surface area (Å²) in [7, 11) is -0.807. The van der Waals surface area contributed by atoms with Gasteiger partial charge in [0.1, 0.15) is 17.5 Å². The Hall–Kier alpha value is -1.21. The van der Waals surface area contributed by atoms with Gasteiger partial charge in [-0.25, -0.2) is 15.8 Å². The Labute approximate surface area is 104 Å². The fourth-order valence-electron chi connectivity index (χ4n) is 1.21. The smallest absolute Gasteiger partial charge is 0.145 e. The number of hydrazine groups is 1. The minimum atomic E-state index is -0.807. The molecule has 0 radical (unpaired) electrons. The van der Waals surface area contributed by atoms with Gasteiger partial charge in [-0.2, -0.15) is 0 Å². The zero-order chi connectivity index (χ0) is 12.8. The van der Waals surface area contributed by atoms with Gasteiger partial charge in [-0.15, -0.1) is 0 Å². The van der Waals surface area contributed by atoms with Crippen molar-refractivity contribution in [2.45, 2.75) is 19.8 Å². The van der Waals surface area contributed by atoms with E-state index in [0.717, 1.165) is 5.82 Å². The van der Waals surface area contributed by atoms with Crippen LogP contribution in [0.15, 0.2) is 6.07 Å². The van der Waals surface area contributed by atoms with Gasteiger partial charge >= 0.3 is 0 Å². The lowest BCUT2D eigenvalue weighted by Crippen LogP contribution is -2.15. The van der Waals surface area contributed by atoms with Crippen LogP contribution in [0.3, 0.4) is 0 Å². The van der Waals surface area contributed by atoms with E-state index in [1.807, 2.05) is 13.8 Å². The Morgan fingerprint density at radius 3 is 2.59 bits per heavy atom. The topological polar surface area (TPSA) is 92.9 Å². The van der Waals surface area contributed by atoms with E-state index in [-0.39, 0.29) is 5.92 Å². The van der Waals surface area contributed by atoms with E-state index in [9.17, 15) is 4.21 Å². The van der Waals surface area contributed by atoms with Gasteiger partial charge in [-0.3, -0.25) is 4.21 Å². The highest BCUT2D eigenvalue weighted by Gasteiger charge is 2.07. The summed E-state index contributed by atoms with van der Waals surface area (Å²) in [5.41, 5.74) is 2.51. The number of nitrogens with two attached hydrogens (primary N) is 1. The van der Waals surface area contributed by atoms with Crippen LogP contribution >= 0.6 is 0 Å². The van der Waals surface area contributed by atoms with Crippen molar-refractivity contribution >= 4 is 22.4 Å². The molecule has 6 nitrogen and oxygen atoms in total. The van der Waals surface area contributed by atoms with Gasteiger partial charge in [0.05, 0.1) is 0 Å². The summed E-state index contributed by atoms with van der Waals surface area (Å²) < 4.78 is 10.9. The Morgan fingerprint density at radius 1 is 1.41 bits per heavy atom. The largest absolute Gasteiger partial charge is 0.369 e. The third-order valence-corrected chi connectivity index (χ3v) is 2.88. The molecule has 0 aromatic carbocycles. The molecule has 0 saturated heterocycles. The molecule has 0 aliphatic heterocycles. The third-order valence-electron chi connectivity index (χ3n) is 2.10. The number of nitrogens with one attached hydrogen (secondary N) is 2. The first kappa shape index (κ1) is 13.9. The maximum Gasteiger partial charge on any atom is 0.145 e. The SMILES string of the molecule is CC(C)c1nc(NN)cc(NCCS(C)=O)n1. The molecule has 1 aromatic rings. The van der Waals surface area contributed by atoms with Crippen LogP contribution in [0.2, 0.25) is 0 Å². The van der Waals surface area contributed by atoms with Crippen molar-refractivity contribution in [2.75, 3.05) is 29.3 Å².